The average molecular weight is 1030 g/mol. The third-order valence-corrected chi connectivity index (χ3v) is 13.0. The summed E-state index contributed by atoms with van der Waals surface area (Å²) in [5.74, 6) is 3.13. The van der Waals surface area contributed by atoms with E-state index in [1.54, 1.807) is 48.5 Å². The Labute approximate surface area is 449 Å². The monoisotopic (exact) mass is 1030 g/mol. The number of benzene rings is 4. The van der Waals surface area contributed by atoms with Gasteiger partial charge in [-0.2, -0.15) is 0 Å². The molecule has 0 bridgehead atoms. The number of Topliss-reactive ketones (excluding diaryl/α,β-unsaturated/α-hetero) is 1. The van der Waals surface area contributed by atoms with Crippen molar-refractivity contribution in [1.29, 1.82) is 0 Å². The minimum atomic E-state index is -1.01. The number of halogens is 2. The first-order valence-electron chi connectivity index (χ1n) is 21.2. The molecule has 0 aliphatic rings. The molecule has 8 aromatic rings. The normalized spacial score (nSPS) is 12.1. The van der Waals surface area contributed by atoms with Gasteiger partial charge in [0.25, 0.3) is 0 Å². The van der Waals surface area contributed by atoms with Crippen LogP contribution in [-0.4, -0.2) is 81.4 Å². The van der Waals surface area contributed by atoms with Crippen molar-refractivity contribution in [1.82, 2.24) is 20.4 Å². The van der Waals surface area contributed by atoms with E-state index in [1.165, 1.54) is 51.1 Å². The summed E-state index contributed by atoms with van der Waals surface area (Å²) in [5.41, 5.74) is 4.83. The zero-order valence-corrected chi connectivity index (χ0v) is 45.1. The molecule has 4 heterocycles. The van der Waals surface area contributed by atoms with Crippen LogP contribution in [0.1, 0.15) is 71.0 Å². The molecule has 70 heavy (non-hydrogen) atoms. The zero-order chi connectivity index (χ0) is 48.5. The predicted octanol–water partition coefficient (Wildman–Crippen LogP) is 9.40. The molecule has 20 heteroatoms. The second-order valence-electron chi connectivity index (χ2n) is 14.8. The number of aryl methyl sites for hydroxylation is 2. The van der Waals surface area contributed by atoms with Gasteiger partial charge in [-0.1, -0.05) is 94.4 Å². The fraction of sp³-hybridized carbons (Fsp3) is 0.260. The van der Waals surface area contributed by atoms with E-state index in [4.69, 9.17) is 60.5 Å². The maximum atomic E-state index is 13.3. The third-order valence-electron chi connectivity index (χ3n) is 10.4. The maximum absolute atomic E-state index is 13.3. The van der Waals surface area contributed by atoms with Crippen LogP contribution in [0.2, 0.25) is 10.0 Å². The number of hydrogen-bond donors (Lipinski definition) is 1. The van der Waals surface area contributed by atoms with Gasteiger partial charge in [0.1, 0.15) is 88.7 Å². The van der Waals surface area contributed by atoms with Crippen LogP contribution in [0.5, 0.6) is 23.0 Å². The molecular formula is C50H49BCl2N4NaO10S2. The summed E-state index contributed by atoms with van der Waals surface area (Å²) < 4.78 is 45.0. The quantitative estimate of drug-likeness (QED) is 0.0637. The third kappa shape index (κ3) is 12.9. The molecule has 3 atom stereocenters. The number of ketones is 1. The van der Waals surface area contributed by atoms with E-state index in [0.717, 1.165) is 42.3 Å². The maximum Gasteiger partial charge on any atom is 1.00 e. The van der Waals surface area contributed by atoms with Gasteiger partial charge in [0.2, 0.25) is 5.78 Å². The number of carbonyl (C=O) groups is 1. The summed E-state index contributed by atoms with van der Waals surface area (Å²) in [6.45, 7) is 8.36. The Hall–Kier alpha value is -5.05. The smallest absolute Gasteiger partial charge is 1.00 e. The summed E-state index contributed by atoms with van der Waals surface area (Å²) in [6, 6.07) is 29.1. The minimum Gasteiger partial charge on any atom is -1.00 e. The first kappa shape index (κ1) is 55.9. The number of nitrogens with zero attached hydrogens (tertiary/aromatic N) is 4. The van der Waals surface area contributed by atoms with Crippen molar-refractivity contribution in [3.8, 4) is 66.8 Å². The molecule has 0 aliphatic heterocycles. The molecule has 0 saturated heterocycles. The molecule has 1 N–H and O–H groups in total. The fourth-order valence-corrected chi connectivity index (χ4v) is 9.00. The van der Waals surface area contributed by atoms with Crippen LogP contribution in [0.3, 0.4) is 0 Å². The van der Waals surface area contributed by atoms with Gasteiger partial charge in [-0.15, -0.1) is 20.4 Å². The van der Waals surface area contributed by atoms with E-state index in [-0.39, 0.29) is 50.9 Å². The van der Waals surface area contributed by atoms with Crippen molar-refractivity contribution >= 4 is 60.1 Å². The fourth-order valence-electron chi connectivity index (χ4n) is 7.08. The van der Waals surface area contributed by atoms with Crippen molar-refractivity contribution in [2.45, 2.75) is 46.0 Å². The van der Waals surface area contributed by atoms with E-state index in [0.29, 0.717) is 74.7 Å². The van der Waals surface area contributed by atoms with Crippen LogP contribution in [-0.2, 0) is 9.47 Å². The van der Waals surface area contributed by atoms with E-state index >= 15 is 0 Å². The predicted molar refractivity (Wildman–Crippen MR) is 270 cm³/mol. The molecule has 359 valence electrons. The van der Waals surface area contributed by atoms with Crippen LogP contribution < -0.4 is 48.5 Å². The Balaban J connectivity index is 0.000000296. The Morgan fingerprint density at radius 2 is 1.04 bits per heavy atom. The summed E-state index contributed by atoms with van der Waals surface area (Å²) in [6.07, 6.45) is -2.42. The van der Waals surface area contributed by atoms with Crippen molar-refractivity contribution < 1.29 is 78.1 Å². The van der Waals surface area contributed by atoms with Gasteiger partial charge >= 0.3 is 29.6 Å². The summed E-state index contributed by atoms with van der Waals surface area (Å²) >= 11 is 15.6. The van der Waals surface area contributed by atoms with Gasteiger partial charge in [0, 0.05) is 43.9 Å². The van der Waals surface area contributed by atoms with E-state index < -0.39 is 18.3 Å². The van der Waals surface area contributed by atoms with Crippen LogP contribution in [0.4, 0.5) is 0 Å². The number of methoxy groups -OCH3 is 4. The van der Waals surface area contributed by atoms with Crippen LogP contribution in [0.25, 0.3) is 43.8 Å². The molecule has 0 spiro atoms. The minimum absolute atomic E-state index is 0. The molecule has 0 fully saturated rings. The van der Waals surface area contributed by atoms with Gasteiger partial charge in [-0.3, -0.25) is 4.79 Å². The second kappa shape index (κ2) is 25.9. The molecule has 3 radical (unpaired) electrons. The molecule has 4 aromatic carbocycles. The Morgan fingerprint density at radius 3 is 1.46 bits per heavy atom. The number of hydrogen-bond acceptors (Lipinski definition) is 16. The van der Waals surface area contributed by atoms with Gasteiger partial charge in [0.15, 0.2) is 5.76 Å². The summed E-state index contributed by atoms with van der Waals surface area (Å²) in [7, 11) is 6.11. The molecule has 4 aromatic heterocycles. The Bertz CT molecular complexity index is 2920. The van der Waals surface area contributed by atoms with E-state index in [2.05, 4.69) is 20.4 Å². The van der Waals surface area contributed by atoms with Crippen molar-refractivity contribution in [2.24, 2.45) is 0 Å². The topological polar surface area (TPSA) is 171 Å². The Morgan fingerprint density at radius 1 is 0.614 bits per heavy atom. The average Bonchev–Trinajstić information content (AvgIpc) is 4.22. The zero-order valence-electron chi connectivity index (χ0n) is 40.9. The van der Waals surface area contributed by atoms with Crippen LogP contribution in [0, 0.1) is 13.8 Å². The van der Waals surface area contributed by atoms with Crippen molar-refractivity contribution in [3.63, 3.8) is 0 Å². The first-order chi connectivity index (χ1) is 32.9. The molecule has 3 unspecified atom stereocenters. The number of aliphatic hydroxyl groups excluding tert-OH is 1. The van der Waals surface area contributed by atoms with Gasteiger partial charge < -0.3 is 43.8 Å². The molecule has 14 nitrogen and oxygen atoms in total. The SMILES string of the molecule is CCOC(C(=O)c1ccc(-c2cc(OC)c(Cl)c(OC)c2)o1)c1ccc(-c2nnc(C)s2)cc1.CCOC(c1ccc(-c2nnc(C)s2)cc1)C(O)c1ccc(-c2cc(OC)c(Cl)c(OC)c2)o1.[B].[H-].[Na+]. The number of aliphatic hydroxyl groups is 1. The number of aromatic nitrogens is 4. The van der Waals surface area contributed by atoms with Gasteiger partial charge in [-0.05, 0) is 87.4 Å². The summed E-state index contributed by atoms with van der Waals surface area (Å²) in [5, 5.41) is 31.9. The molecule has 8 rings (SSSR count). The van der Waals surface area contributed by atoms with E-state index in [9.17, 15) is 9.90 Å². The van der Waals surface area contributed by atoms with Crippen LogP contribution >= 0.6 is 45.9 Å². The molecule has 0 saturated carbocycles. The standard InChI is InChI=1S/C25H25ClN2O5S.C25H23ClN2O5S.B.Na.H/c2*1-5-32-24(15-6-8-16(9-7-15)25-28-27-14(2)34-25)23(29)19-11-10-18(33-19)17-12-20(30-3)22(26)21(13-17)31-4;;;/h6-13,23-24,29H,5H2,1-4H3;6-13,24H,5H2,1-4H3;;;/q;;;+1;-1. The van der Waals surface area contributed by atoms with E-state index in [1.807, 2.05) is 76.2 Å². The molecular weight excluding hydrogens is 985 g/mol. The number of furan rings is 2. The number of rotatable bonds is 18. The number of ether oxygens (including phenoxy) is 6. The van der Waals surface area contributed by atoms with Crippen molar-refractivity contribution in [2.75, 3.05) is 41.7 Å². The van der Waals surface area contributed by atoms with Crippen LogP contribution in [0.15, 0.2) is 106 Å². The van der Waals surface area contributed by atoms with Gasteiger partial charge in [0.05, 0.1) is 28.4 Å². The van der Waals surface area contributed by atoms with Gasteiger partial charge in [-0.25, -0.2) is 0 Å². The second-order valence-corrected chi connectivity index (χ2v) is 17.9. The molecule has 0 amide bonds. The number of carbonyl (C=O) groups excluding carboxylic acids is 1. The largest absolute Gasteiger partial charge is 1.00 e. The first-order valence-corrected chi connectivity index (χ1v) is 23.6. The Kier molecular flexibility index (Phi) is 20.7. The molecule has 0 aliphatic carbocycles. The summed E-state index contributed by atoms with van der Waals surface area (Å²) in [4.78, 5) is 13.3. The van der Waals surface area contributed by atoms with Crippen molar-refractivity contribution in [3.05, 3.63) is 140 Å².